The molecule has 0 rings (SSSR count). The Kier molecular flexibility index (Phi) is 3.97. The zero-order valence-corrected chi connectivity index (χ0v) is 8.60. The van der Waals surface area contributed by atoms with Gasteiger partial charge in [0.05, 0.1) is 0 Å². The van der Waals surface area contributed by atoms with E-state index in [1.54, 1.807) is 0 Å². The second kappa shape index (κ2) is 3.71. The third kappa shape index (κ3) is 6.51. The van der Waals surface area contributed by atoms with E-state index in [4.69, 9.17) is 30.0 Å². The minimum absolute atomic E-state index is 0.685. The molecule has 0 unspecified atom stereocenters. The van der Waals surface area contributed by atoms with Crippen LogP contribution in [0.3, 0.4) is 0 Å². The SMILES string of the molecule is C=CC(=O)[O][Ge]([Cl])([Cl])[Cl]. The van der Waals surface area contributed by atoms with Crippen molar-refractivity contribution in [2.24, 2.45) is 0 Å². The fourth-order valence-corrected chi connectivity index (χ4v) is 1.99. The van der Waals surface area contributed by atoms with Gasteiger partial charge in [-0.05, 0) is 0 Å². The van der Waals surface area contributed by atoms with Crippen molar-refractivity contribution in [1.82, 2.24) is 0 Å². The van der Waals surface area contributed by atoms with Crippen LogP contribution >= 0.6 is 30.0 Å². The summed E-state index contributed by atoms with van der Waals surface area (Å²) in [6.07, 6.45) is 0.952. The molecule has 0 aliphatic heterocycles. The van der Waals surface area contributed by atoms with Gasteiger partial charge in [0.15, 0.2) is 0 Å². The minimum atomic E-state index is -3.69. The number of hydrogen-bond acceptors (Lipinski definition) is 2. The molecule has 0 fully saturated rings. The topological polar surface area (TPSA) is 26.3 Å². The van der Waals surface area contributed by atoms with Crippen LogP contribution in [0.1, 0.15) is 0 Å². The van der Waals surface area contributed by atoms with Gasteiger partial charge in [0.25, 0.3) is 0 Å². The maximum atomic E-state index is 10.3. The Labute approximate surface area is 68.0 Å². The van der Waals surface area contributed by atoms with E-state index in [-0.39, 0.29) is 0 Å². The van der Waals surface area contributed by atoms with Gasteiger partial charge >= 0.3 is 68.0 Å². The Morgan fingerprint density at radius 2 is 2.00 bits per heavy atom. The molecule has 0 amide bonds. The van der Waals surface area contributed by atoms with Crippen molar-refractivity contribution in [3.05, 3.63) is 12.7 Å². The summed E-state index contributed by atoms with van der Waals surface area (Å²) in [7, 11) is 12.0. The van der Waals surface area contributed by atoms with Gasteiger partial charge in [-0.15, -0.1) is 0 Å². The number of rotatable bonds is 2. The molecular weight excluding hydrogens is 247 g/mol. The summed E-state index contributed by atoms with van der Waals surface area (Å²) >= 11 is 0. The number of hydrogen-bond donors (Lipinski definition) is 0. The van der Waals surface area contributed by atoms with E-state index in [9.17, 15) is 4.79 Å². The fourth-order valence-electron chi connectivity index (χ4n) is 0.156. The Bertz CT molecular complexity index is 130. The zero-order valence-electron chi connectivity index (χ0n) is 4.23. The summed E-state index contributed by atoms with van der Waals surface area (Å²) < 4.78 is 4.31. The molecule has 9 heavy (non-hydrogen) atoms. The molecule has 0 bridgehead atoms. The first-order valence-electron chi connectivity index (χ1n) is 1.88. The van der Waals surface area contributed by atoms with Gasteiger partial charge in [0, 0.05) is 0 Å². The van der Waals surface area contributed by atoms with E-state index in [2.05, 4.69) is 10.3 Å². The van der Waals surface area contributed by atoms with Gasteiger partial charge in [-0.2, -0.15) is 0 Å². The third-order valence-corrected chi connectivity index (χ3v) is 2.49. The third-order valence-electron chi connectivity index (χ3n) is 0.383. The average Bonchev–Trinajstić information content (AvgIpc) is 1.62. The molecule has 0 saturated heterocycles. The molecule has 2 nitrogen and oxygen atoms in total. The summed E-state index contributed by atoms with van der Waals surface area (Å²) in [5.41, 5.74) is 0. The van der Waals surface area contributed by atoms with Crippen molar-refractivity contribution in [3.63, 3.8) is 0 Å². The molecule has 0 aliphatic rings. The quantitative estimate of drug-likeness (QED) is 0.552. The zero-order chi connectivity index (χ0) is 7.49. The number of halogens is 3. The monoisotopic (exact) mass is 250 g/mol. The van der Waals surface area contributed by atoms with Crippen molar-refractivity contribution in [2.75, 3.05) is 0 Å². The van der Waals surface area contributed by atoms with Crippen LogP contribution < -0.4 is 0 Å². The number of carbonyl (C=O) groups excluding carboxylic acids is 1. The summed E-state index contributed by atoms with van der Waals surface area (Å²) in [4.78, 5) is 10.3. The van der Waals surface area contributed by atoms with E-state index in [0.717, 1.165) is 6.08 Å². The normalized spacial score (nSPS) is 10.6. The predicted octanol–water partition coefficient (Wildman–Crippen LogP) is 1.87. The van der Waals surface area contributed by atoms with E-state index in [0.29, 0.717) is 0 Å². The van der Waals surface area contributed by atoms with E-state index in [1.165, 1.54) is 0 Å². The van der Waals surface area contributed by atoms with Crippen molar-refractivity contribution in [1.29, 1.82) is 0 Å². The van der Waals surface area contributed by atoms with E-state index >= 15 is 0 Å². The van der Waals surface area contributed by atoms with Crippen LogP contribution in [0.2, 0.25) is 0 Å². The molecule has 52 valence electrons. The Hall–Kier alpha value is 0.623. The molecule has 6 heteroatoms. The van der Waals surface area contributed by atoms with Gasteiger partial charge in [0.1, 0.15) is 0 Å². The van der Waals surface area contributed by atoms with Crippen LogP contribution in [0.5, 0.6) is 0 Å². The molecule has 0 aliphatic carbocycles. The summed E-state index contributed by atoms with van der Waals surface area (Å²) in [6, 6.07) is 0. The van der Waals surface area contributed by atoms with Crippen LogP contribution in [0.25, 0.3) is 0 Å². The first kappa shape index (κ1) is 9.62. The first-order valence-corrected chi connectivity index (χ1v) is 11.0. The summed E-state index contributed by atoms with van der Waals surface area (Å²) in [5.74, 6) is -0.685. The van der Waals surface area contributed by atoms with Gasteiger partial charge in [-0.25, -0.2) is 0 Å². The van der Waals surface area contributed by atoms with Crippen LogP contribution in [0.4, 0.5) is 0 Å². The van der Waals surface area contributed by atoms with Crippen molar-refractivity contribution in [2.45, 2.75) is 0 Å². The van der Waals surface area contributed by atoms with Crippen LogP contribution in [-0.4, -0.2) is 16.8 Å². The van der Waals surface area contributed by atoms with Gasteiger partial charge < -0.3 is 0 Å². The molecule has 0 aromatic carbocycles. The second-order valence-electron chi connectivity index (χ2n) is 1.07. The second-order valence-corrected chi connectivity index (χ2v) is 14.7. The summed E-state index contributed by atoms with van der Waals surface area (Å²) in [6.45, 7) is 3.12. The molecular formula is C3H3Cl3GeO2. The van der Waals surface area contributed by atoms with Crippen LogP contribution in [0.15, 0.2) is 12.7 Å². The van der Waals surface area contributed by atoms with Crippen LogP contribution in [0, 0.1) is 0 Å². The molecule has 0 N–H and O–H groups in total. The molecule has 0 atom stereocenters. The average molecular weight is 250 g/mol. The van der Waals surface area contributed by atoms with E-state index in [1.807, 2.05) is 0 Å². The first-order chi connectivity index (χ1) is 3.95. The Morgan fingerprint density at radius 1 is 1.56 bits per heavy atom. The van der Waals surface area contributed by atoms with Gasteiger partial charge in [0.2, 0.25) is 0 Å². The van der Waals surface area contributed by atoms with E-state index < -0.39 is 16.8 Å². The van der Waals surface area contributed by atoms with Gasteiger partial charge in [-0.1, -0.05) is 0 Å². The van der Waals surface area contributed by atoms with Crippen molar-refractivity contribution >= 4 is 46.8 Å². The maximum absolute atomic E-state index is 10.3. The van der Waals surface area contributed by atoms with Gasteiger partial charge in [-0.3, -0.25) is 0 Å². The van der Waals surface area contributed by atoms with Crippen LogP contribution in [-0.2, 0) is 8.56 Å². The summed E-state index contributed by atoms with van der Waals surface area (Å²) in [5, 5.41) is 0. The molecule has 0 heterocycles. The molecule has 0 aromatic rings. The Morgan fingerprint density at radius 3 is 2.11 bits per heavy atom. The predicted molar refractivity (Wildman–Crippen MR) is 39.6 cm³/mol. The molecule has 0 spiro atoms. The molecule has 0 aromatic heterocycles. The van der Waals surface area contributed by atoms with Crippen molar-refractivity contribution in [3.8, 4) is 0 Å². The Balaban J connectivity index is 3.74. The number of carbonyl (C=O) groups is 1. The van der Waals surface area contributed by atoms with Crippen molar-refractivity contribution < 1.29 is 8.56 Å². The standard InChI is InChI=1S/C3H3Cl3GeO2/c1-2-3(8)9-7(4,5)6/h2H,1H2. The fraction of sp³-hybridized carbons (Fsp3) is 0. The molecule has 0 saturated carbocycles. The molecule has 0 radical (unpaired) electrons.